The lowest BCUT2D eigenvalue weighted by Gasteiger charge is -2.32. The highest BCUT2D eigenvalue weighted by Crippen LogP contribution is 2.27. The molecule has 0 radical (unpaired) electrons. The lowest BCUT2D eigenvalue weighted by molar-refractivity contribution is 0.180. The van der Waals surface area contributed by atoms with Gasteiger partial charge in [-0.25, -0.2) is 0 Å². The molecule has 0 bridgehead atoms. The van der Waals surface area contributed by atoms with E-state index in [1.165, 1.54) is 45.1 Å². The van der Waals surface area contributed by atoms with E-state index in [9.17, 15) is 0 Å². The summed E-state index contributed by atoms with van der Waals surface area (Å²) in [6, 6.07) is 0.796. The van der Waals surface area contributed by atoms with E-state index in [-0.39, 0.29) is 0 Å². The number of ether oxygens (including phenoxy) is 1. The fourth-order valence-corrected chi connectivity index (χ4v) is 3.03. The molecule has 1 saturated heterocycles. The van der Waals surface area contributed by atoms with E-state index in [4.69, 9.17) is 4.74 Å². The molecule has 0 aromatic rings. The highest BCUT2D eigenvalue weighted by atomic mass is 16.5. The van der Waals surface area contributed by atoms with Crippen molar-refractivity contribution in [3.63, 3.8) is 0 Å². The first-order valence-electron chi connectivity index (χ1n) is 6.71. The number of nitrogens with one attached hydrogen (secondary N) is 1. The summed E-state index contributed by atoms with van der Waals surface area (Å²) >= 11 is 0. The maximum Gasteiger partial charge on any atom is 0.0507 e. The van der Waals surface area contributed by atoms with Crippen molar-refractivity contribution in [2.24, 2.45) is 11.8 Å². The minimum atomic E-state index is 0.782. The van der Waals surface area contributed by atoms with Gasteiger partial charge in [0.1, 0.15) is 0 Å². The average molecular weight is 211 g/mol. The second-order valence-electron chi connectivity index (χ2n) is 5.20. The Morgan fingerprint density at radius 1 is 1.20 bits per heavy atom. The average Bonchev–Trinajstić information content (AvgIpc) is 2.79. The first-order valence-corrected chi connectivity index (χ1v) is 6.71. The molecule has 1 heterocycles. The van der Waals surface area contributed by atoms with E-state index in [0.29, 0.717) is 0 Å². The summed E-state index contributed by atoms with van der Waals surface area (Å²) in [5.41, 5.74) is 0. The molecule has 1 N–H and O–H groups in total. The lowest BCUT2D eigenvalue weighted by Crippen LogP contribution is -2.40. The zero-order valence-electron chi connectivity index (χ0n) is 10.0. The van der Waals surface area contributed by atoms with Gasteiger partial charge in [-0.3, -0.25) is 0 Å². The topological polar surface area (TPSA) is 21.3 Å². The predicted octanol–water partition coefficient (Wildman–Crippen LogP) is 2.58. The van der Waals surface area contributed by atoms with E-state index < -0.39 is 0 Å². The van der Waals surface area contributed by atoms with Crippen LogP contribution in [0.3, 0.4) is 0 Å². The van der Waals surface area contributed by atoms with Crippen LogP contribution in [0.5, 0.6) is 0 Å². The van der Waals surface area contributed by atoms with E-state index >= 15 is 0 Å². The Balaban J connectivity index is 1.71. The quantitative estimate of drug-likeness (QED) is 0.771. The van der Waals surface area contributed by atoms with Gasteiger partial charge in [0.25, 0.3) is 0 Å². The molecule has 88 valence electrons. The molecule has 2 aliphatic rings. The van der Waals surface area contributed by atoms with Gasteiger partial charge in [0.2, 0.25) is 0 Å². The number of rotatable bonds is 4. The van der Waals surface area contributed by atoms with E-state index in [0.717, 1.165) is 31.1 Å². The van der Waals surface area contributed by atoms with Crippen molar-refractivity contribution in [1.29, 1.82) is 0 Å². The molecule has 2 fully saturated rings. The van der Waals surface area contributed by atoms with Crippen molar-refractivity contribution in [1.82, 2.24) is 5.32 Å². The third-order valence-electron chi connectivity index (χ3n) is 4.13. The van der Waals surface area contributed by atoms with Gasteiger partial charge in [0.15, 0.2) is 0 Å². The summed E-state index contributed by atoms with van der Waals surface area (Å²) in [5.74, 6) is 1.71. The van der Waals surface area contributed by atoms with Gasteiger partial charge < -0.3 is 10.1 Å². The highest BCUT2D eigenvalue weighted by molar-refractivity contribution is 4.81. The molecule has 3 atom stereocenters. The van der Waals surface area contributed by atoms with Crippen LogP contribution in [0.2, 0.25) is 0 Å². The maximum absolute atomic E-state index is 5.41. The molecule has 1 aliphatic carbocycles. The van der Waals surface area contributed by atoms with Crippen LogP contribution in [0.15, 0.2) is 0 Å². The first kappa shape index (κ1) is 11.4. The van der Waals surface area contributed by atoms with Crippen molar-refractivity contribution < 1.29 is 4.74 Å². The fraction of sp³-hybridized carbons (Fsp3) is 1.00. The normalized spacial score (nSPS) is 37.0. The Morgan fingerprint density at radius 2 is 2.07 bits per heavy atom. The van der Waals surface area contributed by atoms with Gasteiger partial charge in [0, 0.05) is 19.2 Å². The summed E-state index contributed by atoms with van der Waals surface area (Å²) in [5, 5.41) is 3.78. The van der Waals surface area contributed by atoms with Crippen LogP contribution in [0.4, 0.5) is 0 Å². The summed E-state index contributed by atoms with van der Waals surface area (Å²) in [6.07, 6.45) is 8.31. The second-order valence-corrected chi connectivity index (χ2v) is 5.20. The predicted molar refractivity (Wildman–Crippen MR) is 63.0 cm³/mol. The van der Waals surface area contributed by atoms with Gasteiger partial charge >= 0.3 is 0 Å². The van der Waals surface area contributed by atoms with Crippen LogP contribution in [-0.2, 0) is 4.74 Å². The van der Waals surface area contributed by atoms with Crippen LogP contribution >= 0.6 is 0 Å². The van der Waals surface area contributed by atoms with Crippen molar-refractivity contribution in [2.45, 2.75) is 51.5 Å². The molecule has 15 heavy (non-hydrogen) atoms. The third kappa shape index (κ3) is 3.18. The Bertz CT molecular complexity index is 177. The SMILES string of the molecule is CCC1CCCCC1NCC1CCOC1. The van der Waals surface area contributed by atoms with Gasteiger partial charge in [-0.1, -0.05) is 26.2 Å². The Morgan fingerprint density at radius 3 is 2.80 bits per heavy atom. The molecular formula is C13H25NO. The van der Waals surface area contributed by atoms with Crippen LogP contribution < -0.4 is 5.32 Å². The first-order chi connectivity index (χ1) is 7.40. The van der Waals surface area contributed by atoms with Crippen molar-refractivity contribution >= 4 is 0 Å². The van der Waals surface area contributed by atoms with Crippen LogP contribution in [0.1, 0.15) is 45.4 Å². The number of hydrogen-bond donors (Lipinski definition) is 1. The minimum absolute atomic E-state index is 0.782. The molecule has 0 aromatic heterocycles. The van der Waals surface area contributed by atoms with Gasteiger partial charge in [-0.15, -0.1) is 0 Å². The molecule has 1 saturated carbocycles. The molecule has 2 heteroatoms. The second kappa shape index (κ2) is 5.86. The third-order valence-corrected chi connectivity index (χ3v) is 4.13. The van der Waals surface area contributed by atoms with Gasteiger partial charge in [-0.2, -0.15) is 0 Å². The molecule has 2 nitrogen and oxygen atoms in total. The molecule has 3 unspecified atom stereocenters. The largest absolute Gasteiger partial charge is 0.381 e. The molecule has 0 aromatic carbocycles. The fourth-order valence-electron chi connectivity index (χ4n) is 3.03. The van der Waals surface area contributed by atoms with Crippen LogP contribution in [0.25, 0.3) is 0 Å². The molecule has 0 spiro atoms. The summed E-state index contributed by atoms with van der Waals surface area (Å²) in [7, 11) is 0. The lowest BCUT2D eigenvalue weighted by atomic mass is 9.82. The van der Waals surface area contributed by atoms with Gasteiger partial charge in [-0.05, 0) is 31.1 Å². The van der Waals surface area contributed by atoms with E-state index in [2.05, 4.69) is 12.2 Å². The maximum atomic E-state index is 5.41. The van der Waals surface area contributed by atoms with Crippen molar-refractivity contribution in [3.05, 3.63) is 0 Å². The summed E-state index contributed by atoms with van der Waals surface area (Å²) in [4.78, 5) is 0. The molecule has 0 amide bonds. The van der Waals surface area contributed by atoms with E-state index in [1.54, 1.807) is 0 Å². The monoisotopic (exact) mass is 211 g/mol. The van der Waals surface area contributed by atoms with Gasteiger partial charge in [0.05, 0.1) is 6.61 Å². The Labute approximate surface area is 93.8 Å². The standard InChI is InChI=1S/C13H25NO/c1-2-12-5-3-4-6-13(12)14-9-11-7-8-15-10-11/h11-14H,2-10H2,1H3. The zero-order chi connectivity index (χ0) is 10.5. The molecular weight excluding hydrogens is 186 g/mol. The molecule has 1 aliphatic heterocycles. The number of hydrogen-bond acceptors (Lipinski definition) is 2. The van der Waals surface area contributed by atoms with Crippen molar-refractivity contribution in [2.75, 3.05) is 19.8 Å². The highest BCUT2D eigenvalue weighted by Gasteiger charge is 2.24. The smallest absolute Gasteiger partial charge is 0.0507 e. The summed E-state index contributed by atoms with van der Waals surface area (Å²) < 4.78 is 5.41. The molecule has 2 rings (SSSR count). The minimum Gasteiger partial charge on any atom is -0.381 e. The van der Waals surface area contributed by atoms with Crippen molar-refractivity contribution in [3.8, 4) is 0 Å². The van der Waals surface area contributed by atoms with Crippen LogP contribution in [0, 0.1) is 11.8 Å². The Kier molecular flexibility index (Phi) is 4.45. The zero-order valence-corrected chi connectivity index (χ0v) is 10.0. The van der Waals surface area contributed by atoms with E-state index in [1.807, 2.05) is 0 Å². The Hall–Kier alpha value is -0.0800. The summed E-state index contributed by atoms with van der Waals surface area (Å²) in [6.45, 7) is 5.48. The van der Waals surface area contributed by atoms with Crippen LogP contribution in [-0.4, -0.2) is 25.8 Å².